The number of Topliss-reactive ketones (excluding diaryl/α,β-unsaturated/α-hetero) is 1. The van der Waals surface area contributed by atoms with Crippen LogP contribution >= 0.6 is 0 Å². The first kappa shape index (κ1) is 23.9. The quantitative estimate of drug-likeness (QED) is 0.278. The zero-order chi connectivity index (χ0) is 24.9. The van der Waals surface area contributed by atoms with E-state index in [1.807, 2.05) is 6.92 Å². The van der Waals surface area contributed by atoms with Crippen LogP contribution in [0.15, 0.2) is 78.4 Å². The Hall–Kier alpha value is -4.26. The number of aliphatic hydroxyl groups excluding tert-OH is 1. The van der Waals surface area contributed by atoms with E-state index in [-0.39, 0.29) is 11.3 Å². The van der Waals surface area contributed by atoms with Gasteiger partial charge in [-0.1, -0.05) is 19.1 Å². The van der Waals surface area contributed by atoms with E-state index in [4.69, 9.17) is 14.2 Å². The van der Waals surface area contributed by atoms with Crippen LogP contribution in [0.25, 0.3) is 5.76 Å². The fourth-order valence-corrected chi connectivity index (χ4v) is 4.03. The van der Waals surface area contributed by atoms with Crippen molar-refractivity contribution in [2.24, 2.45) is 0 Å². The Balaban J connectivity index is 1.84. The van der Waals surface area contributed by atoms with E-state index >= 15 is 0 Å². The zero-order valence-electron chi connectivity index (χ0n) is 19.9. The van der Waals surface area contributed by atoms with Crippen LogP contribution in [0, 0.1) is 0 Å². The van der Waals surface area contributed by atoms with Crippen LogP contribution in [0.2, 0.25) is 0 Å². The van der Waals surface area contributed by atoms with E-state index in [1.165, 1.54) is 4.90 Å². The van der Waals surface area contributed by atoms with E-state index in [2.05, 4.69) is 0 Å². The topological polar surface area (TPSA) is 85.3 Å². The summed E-state index contributed by atoms with van der Waals surface area (Å²) in [5.41, 5.74) is 1.60. The van der Waals surface area contributed by atoms with Crippen molar-refractivity contribution < 1.29 is 28.9 Å². The number of ether oxygens (including phenoxy) is 3. The second-order valence-electron chi connectivity index (χ2n) is 8.01. The summed E-state index contributed by atoms with van der Waals surface area (Å²) in [6.45, 7) is 2.61. The Morgan fingerprint density at radius 2 is 1.37 bits per heavy atom. The lowest BCUT2D eigenvalue weighted by Gasteiger charge is -2.25. The van der Waals surface area contributed by atoms with Gasteiger partial charge in [0.2, 0.25) is 0 Å². The maximum atomic E-state index is 13.3. The van der Waals surface area contributed by atoms with Gasteiger partial charge in [0.05, 0.1) is 32.4 Å². The molecular formula is C28H27NO6. The third-order valence-corrected chi connectivity index (χ3v) is 5.83. The molecule has 180 valence electrons. The molecule has 4 rings (SSSR count). The number of hydrogen-bond acceptors (Lipinski definition) is 6. The molecule has 0 spiro atoms. The van der Waals surface area contributed by atoms with Crippen molar-refractivity contribution in [3.8, 4) is 17.2 Å². The van der Waals surface area contributed by atoms with E-state index in [9.17, 15) is 14.7 Å². The molecule has 7 nitrogen and oxygen atoms in total. The lowest BCUT2D eigenvalue weighted by atomic mass is 9.95. The third kappa shape index (κ3) is 4.71. The van der Waals surface area contributed by atoms with Crippen LogP contribution < -0.4 is 19.1 Å². The molecule has 1 atom stereocenters. The molecule has 35 heavy (non-hydrogen) atoms. The van der Waals surface area contributed by atoms with Gasteiger partial charge in [-0.25, -0.2) is 0 Å². The number of hydrogen-bond donors (Lipinski definition) is 1. The number of ketones is 1. The average molecular weight is 474 g/mol. The van der Waals surface area contributed by atoms with E-state index in [1.54, 1.807) is 87.0 Å². The molecule has 0 aromatic heterocycles. The summed E-state index contributed by atoms with van der Waals surface area (Å²) in [6, 6.07) is 19.9. The summed E-state index contributed by atoms with van der Waals surface area (Å²) >= 11 is 0. The summed E-state index contributed by atoms with van der Waals surface area (Å²) in [4.78, 5) is 27.9. The highest BCUT2D eigenvalue weighted by Crippen LogP contribution is 2.42. The highest BCUT2D eigenvalue weighted by Gasteiger charge is 2.47. The Morgan fingerprint density at radius 1 is 0.829 bits per heavy atom. The summed E-state index contributed by atoms with van der Waals surface area (Å²) < 4.78 is 16.1. The van der Waals surface area contributed by atoms with Crippen molar-refractivity contribution in [1.29, 1.82) is 0 Å². The molecule has 3 aromatic rings. The molecule has 1 heterocycles. The standard InChI is InChI=1S/C28H27NO6/c1-4-17-35-23-13-5-18(6-14-23)25-24(26(30)19-7-11-21(33-2)12-8-19)27(31)28(32)29(25)20-9-15-22(34-3)16-10-20/h5-16,25,30H,4,17H2,1-3H3/b26-24+. The molecular weight excluding hydrogens is 446 g/mol. The minimum absolute atomic E-state index is 0.0122. The normalized spacial score (nSPS) is 16.9. The Bertz CT molecular complexity index is 1230. The maximum absolute atomic E-state index is 13.3. The second kappa shape index (κ2) is 10.3. The number of anilines is 1. The second-order valence-corrected chi connectivity index (χ2v) is 8.01. The predicted octanol–water partition coefficient (Wildman–Crippen LogP) is 5.12. The molecule has 1 unspecified atom stereocenters. The minimum atomic E-state index is -0.828. The first-order valence-electron chi connectivity index (χ1n) is 11.3. The van der Waals surface area contributed by atoms with Crippen molar-refractivity contribution in [2.75, 3.05) is 25.7 Å². The molecule has 1 fully saturated rings. The number of rotatable bonds is 8. The monoisotopic (exact) mass is 473 g/mol. The van der Waals surface area contributed by atoms with Gasteiger partial charge in [0.25, 0.3) is 11.7 Å². The van der Waals surface area contributed by atoms with Gasteiger partial charge in [-0.15, -0.1) is 0 Å². The lowest BCUT2D eigenvalue weighted by Crippen LogP contribution is -2.29. The summed E-state index contributed by atoms with van der Waals surface area (Å²) in [7, 11) is 3.10. The van der Waals surface area contributed by atoms with Gasteiger partial charge in [0.15, 0.2) is 0 Å². The molecule has 0 bridgehead atoms. The predicted molar refractivity (Wildman–Crippen MR) is 133 cm³/mol. The summed E-state index contributed by atoms with van der Waals surface area (Å²) in [5, 5.41) is 11.2. The number of benzene rings is 3. The van der Waals surface area contributed by atoms with Gasteiger partial charge < -0.3 is 19.3 Å². The minimum Gasteiger partial charge on any atom is -0.507 e. The SMILES string of the molecule is CCCOc1ccc(C2/C(=C(\O)c3ccc(OC)cc3)C(=O)C(=O)N2c2ccc(OC)cc2)cc1. The number of aliphatic hydroxyl groups is 1. The average Bonchev–Trinajstić information content (AvgIpc) is 3.17. The number of amides is 1. The molecule has 1 aliphatic heterocycles. The molecule has 1 aliphatic rings. The Morgan fingerprint density at radius 3 is 1.91 bits per heavy atom. The summed E-state index contributed by atoms with van der Waals surface area (Å²) in [6.07, 6.45) is 0.876. The van der Waals surface area contributed by atoms with Gasteiger partial charge in [0.1, 0.15) is 23.0 Å². The number of carbonyl (C=O) groups excluding carboxylic acids is 2. The van der Waals surface area contributed by atoms with Gasteiger partial charge >= 0.3 is 0 Å². The molecule has 0 radical (unpaired) electrons. The van der Waals surface area contributed by atoms with Gasteiger partial charge in [0, 0.05) is 11.3 Å². The molecule has 0 aliphatic carbocycles. The Kier molecular flexibility index (Phi) is 7.06. The highest BCUT2D eigenvalue weighted by molar-refractivity contribution is 6.51. The van der Waals surface area contributed by atoms with Crippen molar-refractivity contribution >= 4 is 23.1 Å². The van der Waals surface area contributed by atoms with Crippen LogP contribution in [-0.2, 0) is 9.59 Å². The molecule has 0 saturated carbocycles. The third-order valence-electron chi connectivity index (χ3n) is 5.83. The van der Waals surface area contributed by atoms with Gasteiger partial charge in [-0.05, 0) is 72.6 Å². The smallest absolute Gasteiger partial charge is 0.300 e. The molecule has 1 saturated heterocycles. The van der Waals surface area contributed by atoms with Gasteiger partial charge in [-0.3, -0.25) is 14.5 Å². The maximum Gasteiger partial charge on any atom is 0.300 e. The van der Waals surface area contributed by atoms with E-state index in [0.29, 0.717) is 40.7 Å². The largest absolute Gasteiger partial charge is 0.507 e. The number of carbonyl (C=O) groups is 2. The summed E-state index contributed by atoms with van der Waals surface area (Å²) in [5.74, 6) is 0.189. The van der Waals surface area contributed by atoms with Crippen molar-refractivity contribution in [2.45, 2.75) is 19.4 Å². The first-order chi connectivity index (χ1) is 17.0. The van der Waals surface area contributed by atoms with Crippen molar-refractivity contribution in [3.63, 3.8) is 0 Å². The lowest BCUT2D eigenvalue weighted by molar-refractivity contribution is -0.132. The molecule has 3 aromatic carbocycles. The first-order valence-corrected chi connectivity index (χ1v) is 11.3. The molecule has 7 heteroatoms. The van der Waals surface area contributed by atoms with Crippen LogP contribution in [0.1, 0.15) is 30.5 Å². The number of methoxy groups -OCH3 is 2. The Labute approximate surface area is 204 Å². The zero-order valence-corrected chi connectivity index (χ0v) is 19.9. The molecule has 1 amide bonds. The van der Waals surface area contributed by atoms with Crippen LogP contribution in [0.4, 0.5) is 5.69 Å². The van der Waals surface area contributed by atoms with Crippen LogP contribution in [0.5, 0.6) is 17.2 Å². The number of nitrogens with zero attached hydrogens (tertiary/aromatic N) is 1. The highest BCUT2D eigenvalue weighted by atomic mass is 16.5. The fraction of sp³-hybridized carbons (Fsp3) is 0.214. The van der Waals surface area contributed by atoms with E-state index in [0.717, 1.165) is 6.42 Å². The van der Waals surface area contributed by atoms with Crippen molar-refractivity contribution in [3.05, 3.63) is 89.5 Å². The molecule has 1 N–H and O–H groups in total. The van der Waals surface area contributed by atoms with Gasteiger partial charge in [-0.2, -0.15) is 0 Å². The fourth-order valence-electron chi connectivity index (χ4n) is 4.03. The van der Waals surface area contributed by atoms with E-state index < -0.39 is 17.7 Å². The van der Waals surface area contributed by atoms with Crippen molar-refractivity contribution in [1.82, 2.24) is 0 Å². The van der Waals surface area contributed by atoms with Crippen LogP contribution in [0.3, 0.4) is 0 Å². The van der Waals surface area contributed by atoms with Crippen LogP contribution in [-0.4, -0.2) is 37.6 Å².